The zero-order valence-electron chi connectivity index (χ0n) is 23.8. The molecular weight excluding hydrogens is 601 g/mol. The molecular formula is C28H29ClFN7O5S. The molecule has 43 heavy (non-hydrogen) atoms. The van der Waals surface area contributed by atoms with Crippen molar-refractivity contribution in [1.29, 1.82) is 0 Å². The van der Waals surface area contributed by atoms with Crippen LogP contribution in [0, 0.1) is 11.2 Å². The molecule has 4 aromatic rings. The molecule has 5 rings (SSSR count). The number of aromatic nitrogens is 4. The Kier molecular flexibility index (Phi) is 8.36. The lowest BCUT2D eigenvalue weighted by molar-refractivity contribution is -0.201. The number of carbonyl (C=O) groups excluding carboxylic acids is 1. The summed E-state index contributed by atoms with van der Waals surface area (Å²) in [6.45, 7) is 7.41. The minimum absolute atomic E-state index is 0.00517. The number of benzene rings is 1. The number of carbonyl (C=O) groups is 1. The molecule has 1 fully saturated rings. The Morgan fingerprint density at radius 2 is 1.79 bits per heavy atom. The largest absolute Gasteiger partial charge is 0.480 e. The number of hydrogen-bond acceptors (Lipinski definition) is 11. The normalized spacial score (nSPS) is 14.5. The molecule has 12 nitrogen and oxygen atoms in total. The number of piperazine rings is 1. The van der Waals surface area contributed by atoms with Crippen LogP contribution in [-0.2, 0) is 19.7 Å². The number of fused-ring (bicyclic) bond motifs is 1. The molecule has 0 radical (unpaired) electrons. The number of anilines is 2. The van der Waals surface area contributed by atoms with Crippen LogP contribution in [0.3, 0.4) is 0 Å². The molecule has 3 aromatic heterocycles. The first-order valence-corrected chi connectivity index (χ1v) is 15.1. The number of methoxy groups -OCH3 is 1. The van der Waals surface area contributed by atoms with Crippen molar-refractivity contribution in [3.8, 4) is 17.1 Å². The summed E-state index contributed by atoms with van der Waals surface area (Å²) in [5.41, 5.74) is 1.30. The number of ether oxygens (including phenoxy) is 1. The molecule has 0 aliphatic carbocycles. The topological polar surface area (TPSA) is 140 Å². The number of hydrogen-bond donors (Lipinski definition) is 1. The van der Waals surface area contributed by atoms with Gasteiger partial charge in [-0.25, -0.2) is 37.5 Å². The maximum Gasteiger partial charge on any atom is 0.330 e. The van der Waals surface area contributed by atoms with E-state index in [2.05, 4.69) is 19.7 Å². The van der Waals surface area contributed by atoms with Crippen molar-refractivity contribution in [2.24, 2.45) is 5.41 Å². The van der Waals surface area contributed by atoms with Crippen molar-refractivity contribution in [3.05, 3.63) is 59.8 Å². The number of rotatable bonds is 7. The zero-order valence-corrected chi connectivity index (χ0v) is 25.4. The van der Waals surface area contributed by atoms with Gasteiger partial charge in [-0.15, -0.1) is 5.06 Å². The smallest absolute Gasteiger partial charge is 0.330 e. The highest BCUT2D eigenvalue weighted by Gasteiger charge is 2.29. The van der Waals surface area contributed by atoms with Crippen LogP contribution < -0.4 is 14.4 Å². The van der Waals surface area contributed by atoms with Gasteiger partial charge in [0.25, 0.3) is 10.0 Å². The second-order valence-electron chi connectivity index (χ2n) is 10.8. The zero-order chi connectivity index (χ0) is 30.9. The van der Waals surface area contributed by atoms with Crippen LogP contribution in [0.2, 0.25) is 5.02 Å². The van der Waals surface area contributed by atoms with Gasteiger partial charge >= 0.3 is 5.97 Å². The summed E-state index contributed by atoms with van der Waals surface area (Å²) in [6.07, 6.45) is 2.90. The Labute approximate surface area is 252 Å². The first kappa shape index (κ1) is 30.3. The number of nitrogens with zero attached hydrogens (tertiary/aromatic N) is 6. The van der Waals surface area contributed by atoms with Crippen molar-refractivity contribution in [2.75, 3.05) is 42.9 Å². The van der Waals surface area contributed by atoms with Crippen LogP contribution in [0.4, 0.5) is 15.9 Å². The van der Waals surface area contributed by atoms with Crippen LogP contribution in [-0.4, -0.2) is 72.7 Å². The maximum absolute atomic E-state index is 13.5. The number of sulfonamides is 1. The molecule has 0 saturated carbocycles. The lowest BCUT2D eigenvalue weighted by Gasteiger charge is -2.35. The summed E-state index contributed by atoms with van der Waals surface area (Å²) < 4.78 is 47.8. The van der Waals surface area contributed by atoms with Crippen LogP contribution in [0.5, 0.6) is 5.88 Å². The summed E-state index contributed by atoms with van der Waals surface area (Å²) in [4.78, 5) is 37.4. The summed E-state index contributed by atoms with van der Waals surface area (Å²) in [7, 11) is -2.96. The first-order chi connectivity index (χ1) is 20.4. The molecule has 1 aliphatic rings. The summed E-state index contributed by atoms with van der Waals surface area (Å²) in [6, 6.07) is 8.16. The summed E-state index contributed by atoms with van der Waals surface area (Å²) in [5.74, 6) is -0.462. The lowest BCUT2D eigenvalue weighted by atomic mass is 9.98. The fraction of sp³-hybridized carbons (Fsp3) is 0.321. The van der Waals surface area contributed by atoms with E-state index in [1.807, 2.05) is 4.90 Å². The van der Waals surface area contributed by atoms with E-state index in [1.54, 1.807) is 38.0 Å². The average molecular weight is 630 g/mol. The Hall–Kier alpha value is -4.14. The predicted octanol–water partition coefficient (Wildman–Crippen LogP) is 4.32. The molecule has 1 aromatic carbocycles. The van der Waals surface area contributed by atoms with E-state index >= 15 is 0 Å². The van der Waals surface area contributed by atoms with Crippen LogP contribution in [0.15, 0.2) is 53.8 Å². The van der Waals surface area contributed by atoms with E-state index in [-0.39, 0.29) is 27.5 Å². The summed E-state index contributed by atoms with van der Waals surface area (Å²) in [5, 5.41) is 1.54. The van der Waals surface area contributed by atoms with Crippen molar-refractivity contribution in [1.82, 2.24) is 25.0 Å². The van der Waals surface area contributed by atoms with Crippen LogP contribution >= 0.6 is 11.6 Å². The predicted molar refractivity (Wildman–Crippen MR) is 159 cm³/mol. The van der Waals surface area contributed by atoms with Gasteiger partial charge in [0.1, 0.15) is 22.6 Å². The standard InChI is InChI=1S/C28H29ClFN7O5S/c1-28(2,3)27(38)42-37-11-9-36(10-12-37)25-24-22(32-16-33-25)8-7-20(34-24)17-13-23(26(41-4)31-15-17)43(39,40)35-21-6-5-18(30)14-19(21)29/h5-8,13-16,35H,9-12H2,1-4H3. The van der Waals surface area contributed by atoms with Gasteiger partial charge in [0, 0.05) is 24.8 Å². The number of pyridine rings is 2. The minimum atomic E-state index is -4.26. The molecule has 0 atom stereocenters. The third-order valence-electron chi connectivity index (χ3n) is 6.60. The van der Waals surface area contributed by atoms with Gasteiger partial charge in [-0.3, -0.25) is 4.72 Å². The van der Waals surface area contributed by atoms with Gasteiger partial charge in [0.05, 0.1) is 47.5 Å². The molecule has 0 spiro atoms. The van der Waals surface area contributed by atoms with Gasteiger partial charge in [-0.2, -0.15) is 0 Å². The van der Waals surface area contributed by atoms with E-state index < -0.39 is 21.3 Å². The average Bonchev–Trinajstić information content (AvgIpc) is 2.97. The Morgan fingerprint density at radius 3 is 2.47 bits per heavy atom. The second kappa shape index (κ2) is 11.9. The van der Waals surface area contributed by atoms with E-state index in [9.17, 15) is 17.6 Å². The van der Waals surface area contributed by atoms with E-state index in [4.69, 9.17) is 26.2 Å². The molecule has 1 aliphatic heterocycles. The number of hydroxylamine groups is 2. The van der Waals surface area contributed by atoms with Gasteiger partial charge in [0.15, 0.2) is 5.82 Å². The molecule has 15 heteroatoms. The molecule has 1 saturated heterocycles. The quantitative estimate of drug-likeness (QED) is 0.313. The van der Waals surface area contributed by atoms with Crippen LogP contribution in [0.1, 0.15) is 20.8 Å². The van der Waals surface area contributed by atoms with Gasteiger partial charge < -0.3 is 14.5 Å². The van der Waals surface area contributed by atoms with Gasteiger partial charge in [-0.05, 0) is 57.2 Å². The monoisotopic (exact) mass is 629 g/mol. The fourth-order valence-electron chi connectivity index (χ4n) is 4.25. The molecule has 0 unspecified atom stereocenters. The molecule has 1 N–H and O–H groups in total. The van der Waals surface area contributed by atoms with E-state index in [1.165, 1.54) is 31.8 Å². The van der Waals surface area contributed by atoms with Gasteiger partial charge in [0.2, 0.25) is 5.88 Å². The lowest BCUT2D eigenvalue weighted by Crippen LogP contribution is -2.48. The van der Waals surface area contributed by atoms with Crippen molar-refractivity contribution >= 4 is 50.1 Å². The summed E-state index contributed by atoms with van der Waals surface area (Å²) >= 11 is 6.04. The molecule has 4 heterocycles. The fourth-order valence-corrected chi connectivity index (χ4v) is 5.75. The molecule has 226 valence electrons. The van der Waals surface area contributed by atoms with Crippen molar-refractivity contribution in [2.45, 2.75) is 25.7 Å². The number of halogens is 2. The van der Waals surface area contributed by atoms with Gasteiger partial charge in [-0.1, -0.05) is 11.6 Å². The van der Waals surface area contributed by atoms with Crippen molar-refractivity contribution < 1.29 is 27.2 Å². The third-order valence-corrected chi connectivity index (χ3v) is 8.27. The highest BCUT2D eigenvalue weighted by molar-refractivity contribution is 7.92. The number of nitrogens with one attached hydrogen (secondary N) is 1. The molecule has 0 amide bonds. The Balaban J connectivity index is 1.44. The highest BCUT2D eigenvalue weighted by atomic mass is 35.5. The maximum atomic E-state index is 13.5. The van der Waals surface area contributed by atoms with E-state index in [0.29, 0.717) is 54.3 Å². The first-order valence-electron chi connectivity index (χ1n) is 13.2. The second-order valence-corrected chi connectivity index (χ2v) is 12.8. The molecule has 0 bridgehead atoms. The Morgan fingerprint density at radius 1 is 1.05 bits per heavy atom. The minimum Gasteiger partial charge on any atom is -0.480 e. The SMILES string of the molecule is COc1ncc(-c2ccc3ncnc(N4CCN(OC(=O)C(C)(C)C)CC4)c3n2)cc1S(=O)(=O)Nc1ccc(F)cc1Cl. The van der Waals surface area contributed by atoms with Crippen LogP contribution in [0.25, 0.3) is 22.3 Å². The van der Waals surface area contributed by atoms with E-state index in [0.717, 1.165) is 12.1 Å². The Bertz CT molecular complexity index is 1790. The third kappa shape index (κ3) is 6.60. The van der Waals surface area contributed by atoms with Crippen molar-refractivity contribution in [3.63, 3.8) is 0 Å². The highest BCUT2D eigenvalue weighted by Crippen LogP contribution is 2.32.